The standard InChI is InChI=1S/C19H18N4O2/c1-13-11-17(24)20-15-9-5-6-10-16(15)23(13)12-18-21-22-19(25-18)14-7-3-2-4-8-14/h2-10,13H,11-12H2,1H3,(H,20,24)/t13-/m0/s1. The lowest BCUT2D eigenvalue weighted by Gasteiger charge is -2.28. The molecule has 2 aromatic carbocycles. The Kier molecular flexibility index (Phi) is 3.93. The summed E-state index contributed by atoms with van der Waals surface area (Å²) in [7, 11) is 0. The highest BCUT2D eigenvalue weighted by atomic mass is 16.4. The highest BCUT2D eigenvalue weighted by molar-refractivity contribution is 5.96. The Balaban J connectivity index is 1.64. The van der Waals surface area contributed by atoms with E-state index in [4.69, 9.17) is 4.42 Å². The van der Waals surface area contributed by atoms with Crippen LogP contribution >= 0.6 is 0 Å². The molecule has 25 heavy (non-hydrogen) atoms. The minimum absolute atomic E-state index is 0.0120. The molecule has 6 heteroatoms. The van der Waals surface area contributed by atoms with Crippen molar-refractivity contribution in [3.8, 4) is 11.5 Å². The molecule has 0 radical (unpaired) electrons. The minimum Gasteiger partial charge on any atom is -0.419 e. The molecule has 1 aliphatic rings. The molecule has 3 aromatic rings. The predicted octanol–water partition coefficient (Wildman–Crippen LogP) is 3.47. The summed E-state index contributed by atoms with van der Waals surface area (Å²) in [6.45, 7) is 2.48. The Morgan fingerprint density at radius 2 is 1.88 bits per heavy atom. The van der Waals surface area contributed by atoms with E-state index in [0.717, 1.165) is 16.9 Å². The molecule has 6 nitrogen and oxygen atoms in total. The number of nitrogens with one attached hydrogen (secondary N) is 1. The molecule has 0 saturated heterocycles. The number of rotatable bonds is 3. The number of carbonyl (C=O) groups is 1. The lowest BCUT2D eigenvalue weighted by Crippen LogP contribution is -2.33. The molecular formula is C19H18N4O2. The van der Waals surface area contributed by atoms with Crippen LogP contribution in [0.4, 0.5) is 11.4 Å². The van der Waals surface area contributed by atoms with E-state index in [-0.39, 0.29) is 11.9 Å². The second-order valence-electron chi connectivity index (χ2n) is 6.11. The van der Waals surface area contributed by atoms with Gasteiger partial charge in [-0.3, -0.25) is 4.79 Å². The van der Waals surface area contributed by atoms with Crippen molar-refractivity contribution in [3.63, 3.8) is 0 Å². The summed E-state index contributed by atoms with van der Waals surface area (Å²) in [6.07, 6.45) is 0.411. The predicted molar refractivity (Wildman–Crippen MR) is 95.1 cm³/mol. The molecule has 0 bridgehead atoms. The van der Waals surface area contributed by atoms with Gasteiger partial charge in [0.25, 0.3) is 0 Å². The van der Waals surface area contributed by atoms with Gasteiger partial charge in [-0.1, -0.05) is 30.3 Å². The Labute approximate surface area is 145 Å². The number of amides is 1. The zero-order valence-electron chi connectivity index (χ0n) is 13.8. The van der Waals surface area contributed by atoms with Gasteiger partial charge >= 0.3 is 0 Å². The number of benzene rings is 2. The van der Waals surface area contributed by atoms with Gasteiger partial charge in [-0.15, -0.1) is 10.2 Å². The van der Waals surface area contributed by atoms with E-state index in [0.29, 0.717) is 24.7 Å². The summed E-state index contributed by atoms with van der Waals surface area (Å²) in [5, 5.41) is 11.3. The quantitative estimate of drug-likeness (QED) is 0.794. The average Bonchev–Trinajstić information content (AvgIpc) is 3.05. The first-order valence-electron chi connectivity index (χ1n) is 8.24. The number of para-hydroxylation sites is 2. The molecule has 126 valence electrons. The molecule has 0 saturated carbocycles. The topological polar surface area (TPSA) is 71.3 Å². The molecule has 1 aromatic heterocycles. The number of fused-ring (bicyclic) bond motifs is 1. The second-order valence-corrected chi connectivity index (χ2v) is 6.11. The van der Waals surface area contributed by atoms with E-state index in [1.165, 1.54) is 0 Å². The van der Waals surface area contributed by atoms with Crippen molar-refractivity contribution in [2.24, 2.45) is 0 Å². The number of anilines is 2. The monoisotopic (exact) mass is 334 g/mol. The molecule has 1 N–H and O–H groups in total. The summed E-state index contributed by atoms with van der Waals surface area (Å²) in [6, 6.07) is 17.5. The zero-order valence-corrected chi connectivity index (χ0v) is 13.8. The maximum Gasteiger partial charge on any atom is 0.247 e. The fraction of sp³-hybridized carbons (Fsp3) is 0.211. The molecule has 4 rings (SSSR count). The molecule has 2 heterocycles. The molecule has 1 amide bonds. The molecule has 1 aliphatic heterocycles. The third-order valence-electron chi connectivity index (χ3n) is 4.29. The molecule has 0 aliphatic carbocycles. The van der Waals surface area contributed by atoms with Gasteiger partial charge in [0.1, 0.15) is 0 Å². The summed E-state index contributed by atoms with van der Waals surface area (Å²) < 4.78 is 5.83. The third kappa shape index (κ3) is 3.10. The summed E-state index contributed by atoms with van der Waals surface area (Å²) in [5.41, 5.74) is 2.65. The van der Waals surface area contributed by atoms with Crippen LogP contribution in [0.3, 0.4) is 0 Å². The van der Waals surface area contributed by atoms with Crippen LogP contribution in [0.15, 0.2) is 59.0 Å². The minimum atomic E-state index is 0.0120. The van der Waals surface area contributed by atoms with Gasteiger partial charge in [0, 0.05) is 18.0 Å². The summed E-state index contributed by atoms with van der Waals surface area (Å²) in [5.74, 6) is 1.04. The van der Waals surface area contributed by atoms with Crippen LogP contribution in [0, 0.1) is 0 Å². The van der Waals surface area contributed by atoms with Crippen LogP contribution in [-0.2, 0) is 11.3 Å². The Hall–Kier alpha value is -3.15. The lowest BCUT2D eigenvalue weighted by atomic mass is 10.2. The number of nitrogens with zero attached hydrogens (tertiary/aromatic N) is 3. The highest BCUT2D eigenvalue weighted by Crippen LogP contribution is 2.32. The van der Waals surface area contributed by atoms with E-state index in [9.17, 15) is 4.79 Å². The van der Waals surface area contributed by atoms with Crippen molar-refractivity contribution < 1.29 is 9.21 Å². The Morgan fingerprint density at radius 3 is 2.72 bits per heavy atom. The first-order chi connectivity index (χ1) is 12.2. The second kappa shape index (κ2) is 6.39. The Bertz CT molecular complexity index is 891. The number of hydrogen-bond donors (Lipinski definition) is 1. The maximum absolute atomic E-state index is 12.1. The van der Waals surface area contributed by atoms with E-state index >= 15 is 0 Å². The average molecular weight is 334 g/mol. The fourth-order valence-corrected chi connectivity index (χ4v) is 3.05. The van der Waals surface area contributed by atoms with Crippen LogP contribution in [-0.4, -0.2) is 22.1 Å². The largest absolute Gasteiger partial charge is 0.419 e. The first-order valence-corrected chi connectivity index (χ1v) is 8.24. The van der Waals surface area contributed by atoms with Gasteiger partial charge in [-0.05, 0) is 31.2 Å². The highest BCUT2D eigenvalue weighted by Gasteiger charge is 2.26. The van der Waals surface area contributed by atoms with Gasteiger partial charge in [-0.25, -0.2) is 0 Å². The van der Waals surface area contributed by atoms with Crippen LogP contribution < -0.4 is 10.2 Å². The number of hydrogen-bond acceptors (Lipinski definition) is 5. The molecule has 0 spiro atoms. The molecule has 0 fully saturated rings. The SMILES string of the molecule is C[C@H]1CC(=O)Nc2ccccc2N1Cc1nnc(-c2ccccc2)o1. The van der Waals surface area contributed by atoms with Gasteiger partial charge in [0.05, 0.1) is 17.9 Å². The number of aromatic nitrogens is 2. The van der Waals surface area contributed by atoms with Crippen molar-refractivity contribution in [1.29, 1.82) is 0 Å². The van der Waals surface area contributed by atoms with E-state index < -0.39 is 0 Å². The normalized spacial score (nSPS) is 16.9. The molecule has 0 unspecified atom stereocenters. The molecular weight excluding hydrogens is 316 g/mol. The van der Waals surface area contributed by atoms with Gasteiger partial charge < -0.3 is 14.6 Å². The van der Waals surface area contributed by atoms with Crippen LogP contribution in [0.25, 0.3) is 11.5 Å². The van der Waals surface area contributed by atoms with Gasteiger partial charge in [0.15, 0.2) is 0 Å². The van der Waals surface area contributed by atoms with Crippen LogP contribution in [0.1, 0.15) is 19.2 Å². The lowest BCUT2D eigenvalue weighted by molar-refractivity contribution is -0.116. The third-order valence-corrected chi connectivity index (χ3v) is 4.29. The summed E-state index contributed by atoms with van der Waals surface area (Å²) >= 11 is 0. The van der Waals surface area contributed by atoms with Crippen molar-refractivity contribution in [1.82, 2.24) is 10.2 Å². The zero-order chi connectivity index (χ0) is 17.2. The van der Waals surface area contributed by atoms with E-state index in [2.05, 4.69) is 20.4 Å². The number of carbonyl (C=O) groups excluding carboxylic acids is 1. The fourth-order valence-electron chi connectivity index (χ4n) is 3.05. The first kappa shape index (κ1) is 15.4. The van der Waals surface area contributed by atoms with Crippen molar-refractivity contribution in [2.75, 3.05) is 10.2 Å². The van der Waals surface area contributed by atoms with Gasteiger partial charge in [0.2, 0.25) is 17.7 Å². The van der Waals surface area contributed by atoms with Crippen molar-refractivity contribution in [2.45, 2.75) is 25.9 Å². The summed E-state index contributed by atoms with van der Waals surface area (Å²) in [4.78, 5) is 14.2. The van der Waals surface area contributed by atoms with E-state index in [1.807, 2.05) is 61.5 Å². The van der Waals surface area contributed by atoms with E-state index in [1.54, 1.807) is 0 Å². The van der Waals surface area contributed by atoms with Crippen molar-refractivity contribution >= 4 is 17.3 Å². The van der Waals surface area contributed by atoms with Crippen LogP contribution in [0.2, 0.25) is 0 Å². The smallest absolute Gasteiger partial charge is 0.247 e. The van der Waals surface area contributed by atoms with Gasteiger partial charge in [-0.2, -0.15) is 0 Å². The van der Waals surface area contributed by atoms with Crippen LogP contribution in [0.5, 0.6) is 0 Å². The van der Waals surface area contributed by atoms with Crippen molar-refractivity contribution in [3.05, 3.63) is 60.5 Å². The maximum atomic E-state index is 12.1. The Morgan fingerprint density at radius 1 is 1.12 bits per heavy atom. The molecule has 1 atom stereocenters.